The first-order chi connectivity index (χ1) is 4.21. The number of hydrogen-bond donors (Lipinski definition) is 1. The molecular weight excluding hydrogens is 139 g/mol. The van der Waals surface area contributed by atoms with Crippen molar-refractivity contribution < 1.29 is 14.0 Å². The second-order valence-corrected chi connectivity index (χ2v) is 4.24. The second-order valence-electron chi connectivity index (χ2n) is 2.25. The first kappa shape index (κ1) is 7.26. The highest BCUT2D eigenvalue weighted by molar-refractivity contribution is 7.52. The zero-order valence-electron chi connectivity index (χ0n) is 5.25. The van der Waals surface area contributed by atoms with E-state index >= 15 is 0 Å². The van der Waals surface area contributed by atoms with E-state index in [0.717, 1.165) is 19.3 Å². The zero-order valence-corrected chi connectivity index (χ0v) is 6.14. The van der Waals surface area contributed by atoms with Crippen molar-refractivity contribution in [2.24, 2.45) is 0 Å². The van der Waals surface area contributed by atoms with Gasteiger partial charge in [-0.3, -0.25) is 4.57 Å². The van der Waals surface area contributed by atoms with Gasteiger partial charge in [-0.1, -0.05) is 6.42 Å². The van der Waals surface area contributed by atoms with Gasteiger partial charge in [0.15, 0.2) is 0 Å². The molecule has 1 N–H and O–H groups in total. The third-order valence-corrected chi connectivity index (χ3v) is 2.85. The zero-order chi connectivity index (χ0) is 6.74. The van der Waals surface area contributed by atoms with Crippen molar-refractivity contribution in [2.75, 3.05) is 12.8 Å². The van der Waals surface area contributed by atoms with Gasteiger partial charge in [-0.15, -0.1) is 0 Å². The molecule has 9 heavy (non-hydrogen) atoms. The van der Waals surface area contributed by atoms with Crippen LogP contribution in [0.1, 0.15) is 19.3 Å². The molecule has 1 aliphatic heterocycles. The molecule has 1 aliphatic rings. The normalized spacial score (nSPS) is 37.9. The second kappa shape index (κ2) is 2.82. The van der Waals surface area contributed by atoms with E-state index in [2.05, 4.69) is 0 Å². The molecule has 0 aliphatic carbocycles. The summed E-state index contributed by atoms with van der Waals surface area (Å²) in [6, 6.07) is 0. The first-order valence-corrected chi connectivity index (χ1v) is 4.93. The Morgan fingerprint density at radius 1 is 1.33 bits per heavy atom. The van der Waals surface area contributed by atoms with Crippen LogP contribution in [0.25, 0.3) is 0 Å². The van der Waals surface area contributed by atoms with Crippen molar-refractivity contribution in [3.63, 3.8) is 0 Å². The first-order valence-electron chi connectivity index (χ1n) is 3.17. The van der Waals surface area contributed by atoms with Crippen molar-refractivity contribution in [2.45, 2.75) is 19.3 Å². The Kier molecular flexibility index (Phi) is 2.28. The maximum absolute atomic E-state index is 10.8. The maximum Gasteiger partial charge on any atom is 0.328 e. The summed E-state index contributed by atoms with van der Waals surface area (Å²) in [5, 5.41) is 0. The van der Waals surface area contributed by atoms with Gasteiger partial charge in [0.25, 0.3) is 0 Å². The van der Waals surface area contributed by atoms with Crippen LogP contribution >= 0.6 is 7.60 Å². The van der Waals surface area contributed by atoms with Crippen LogP contribution in [0.15, 0.2) is 0 Å². The molecule has 1 unspecified atom stereocenters. The molecule has 0 aromatic carbocycles. The van der Waals surface area contributed by atoms with E-state index in [0.29, 0.717) is 12.8 Å². The summed E-state index contributed by atoms with van der Waals surface area (Å²) < 4.78 is 15.5. The molecule has 1 atom stereocenters. The topological polar surface area (TPSA) is 46.5 Å². The molecule has 0 bridgehead atoms. The summed E-state index contributed by atoms with van der Waals surface area (Å²) in [6.07, 6.45) is 3.11. The quantitative estimate of drug-likeness (QED) is 0.530. The summed E-state index contributed by atoms with van der Waals surface area (Å²) >= 11 is 0. The van der Waals surface area contributed by atoms with E-state index in [1.54, 1.807) is 0 Å². The van der Waals surface area contributed by atoms with Crippen LogP contribution in [0.4, 0.5) is 0 Å². The van der Waals surface area contributed by atoms with Crippen molar-refractivity contribution in [3.8, 4) is 0 Å². The molecule has 0 saturated carbocycles. The van der Waals surface area contributed by atoms with Crippen LogP contribution < -0.4 is 0 Å². The van der Waals surface area contributed by atoms with Gasteiger partial charge >= 0.3 is 7.60 Å². The van der Waals surface area contributed by atoms with Gasteiger partial charge < -0.3 is 9.42 Å². The van der Waals surface area contributed by atoms with Gasteiger partial charge in [0.1, 0.15) is 0 Å². The van der Waals surface area contributed by atoms with E-state index in [4.69, 9.17) is 9.42 Å². The molecule has 0 spiro atoms. The molecule has 1 saturated heterocycles. The lowest BCUT2D eigenvalue weighted by Gasteiger charge is -2.05. The summed E-state index contributed by atoms with van der Waals surface area (Å²) in [5.74, 6) is 0. The third-order valence-electron chi connectivity index (χ3n) is 1.38. The molecule has 0 radical (unpaired) electrons. The molecule has 0 aromatic rings. The monoisotopic (exact) mass is 150 g/mol. The summed E-state index contributed by atoms with van der Waals surface area (Å²) in [4.78, 5) is 8.89. The average Bonchev–Trinajstić information content (AvgIpc) is 1.92. The lowest BCUT2D eigenvalue weighted by atomic mass is 10.3. The summed E-state index contributed by atoms with van der Waals surface area (Å²) in [5.41, 5.74) is 0. The maximum atomic E-state index is 10.8. The minimum Gasteiger partial charge on any atom is -0.324 e. The smallest absolute Gasteiger partial charge is 0.324 e. The minimum absolute atomic E-state index is 0.340. The fraction of sp³-hybridized carbons (Fsp3) is 1.00. The Labute approximate surface area is 54.6 Å². The van der Waals surface area contributed by atoms with Gasteiger partial charge in [0.2, 0.25) is 0 Å². The van der Waals surface area contributed by atoms with Crippen LogP contribution in [0.5, 0.6) is 0 Å². The molecule has 0 aromatic heterocycles. The Morgan fingerprint density at radius 2 is 2.11 bits per heavy atom. The molecule has 1 heterocycles. The van der Waals surface area contributed by atoms with Crippen LogP contribution in [-0.2, 0) is 9.09 Å². The summed E-state index contributed by atoms with van der Waals surface area (Å²) in [6.45, 7) is 0.452. The molecular formula is C5H11O3P. The highest BCUT2D eigenvalue weighted by Crippen LogP contribution is 2.44. The Hall–Kier alpha value is 0.150. The van der Waals surface area contributed by atoms with Crippen molar-refractivity contribution in [3.05, 3.63) is 0 Å². The lowest BCUT2D eigenvalue weighted by Crippen LogP contribution is -1.89. The molecule has 0 amide bonds. The summed E-state index contributed by atoms with van der Waals surface area (Å²) in [7, 11) is -3.13. The highest BCUT2D eigenvalue weighted by Gasteiger charge is 2.20. The molecule has 1 rings (SSSR count). The van der Waals surface area contributed by atoms with E-state index < -0.39 is 7.60 Å². The SMILES string of the molecule is O=P1(O)CCCCCO1. The Balaban J connectivity index is 2.45. The van der Waals surface area contributed by atoms with Crippen LogP contribution in [0, 0.1) is 0 Å². The van der Waals surface area contributed by atoms with E-state index in [9.17, 15) is 4.57 Å². The molecule has 4 heteroatoms. The van der Waals surface area contributed by atoms with Gasteiger partial charge in [-0.05, 0) is 12.8 Å². The average molecular weight is 150 g/mol. The molecule has 3 nitrogen and oxygen atoms in total. The lowest BCUT2D eigenvalue weighted by molar-refractivity contribution is 0.265. The molecule has 1 fully saturated rings. The van der Waals surface area contributed by atoms with Gasteiger partial charge in [0.05, 0.1) is 6.61 Å². The van der Waals surface area contributed by atoms with Crippen LogP contribution in [-0.4, -0.2) is 17.7 Å². The standard InChI is InChI=1S/C5H11O3P/c6-9(7)5-3-1-2-4-8-9/h1-5H2,(H,6,7). The van der Waals surface area contributed by atoms with Gasteiger partial charge in [-0.25, -0.2) is 0 Å². The minimum atomic E-state index is -3.13. The van der Waals surface area contributed by atoms with Crippen LogP contribution in [0.3, 0.4) is 0 Å². The predicted octanol–water partition coefficient (Wildman–Crippen LogP) is 1.37. The number of hydrogen-bond acceptors (Lipinski definition) is 2. The van der Waals surface area contributed by atoms with E-state index in [-0.39, 0.29) is 0 Å². The van der Waals surface area contributed by atoms with Gasteiger partial charge in [-0.2, -0.15) is 0 Å². The fourth-order valence-electron chi connectivity index (χ4n) is 0.862. The van der Waals surface area contributed by atoms with Crippen molar-refractivity contribution in [1.82, 2.24) is 0 Å². The van der Waals surface area contributed by atoms with Crippen LogP contribution in [0.2, 0.25) is 0 Å². The highest BCUT2D eigenvalue weighted by atomic mass is 31.2. The largest absolute Gasteiger partial charge is 0.328 e. The van der Waals surface area contributed by atoms with Gasteiger partial charge in [0, 0.05) is 6.16 Å². The van der Waals surface area contributed by atoms with E-state index in [1.807, 2.05) is 0 Å². The van der Waals surface area contributed by atoms with Crippen molar-refractivity contribution >= 4 is 7.60 Å². The van der Waals surface area contributed by atoms with Crippen molar-refractivity contribution in [1.29, 1.82) is 0 Å². The fourth-order valence-corrected chi connectivity index (χ4v) is 2.03. The van der Waals surface area contributed by atoms with E-state index in [1.165, 1.54) is 0 Å². The molecule has 54 valence electrons. The third kappa shape index (κ3) is 2.48. The number of rotatable bonds is 0. The Bertz CT molecular complexity index is 122. The predicted molar refractivity (Wildman–Crippen MR) is 34.5 cm³/mol. The Morgan fingerprint density at radius 3 is 2.89 bits per heavy atom.